The predicted octanol–water partition coefficient (Wildman–Crippen LogP) is 4.46. The van der Waals surface area contributed by atoms with Gasteiger partial charge in [0.15, 0.2) is 5.13 Å². The number of hydrogen-bond donors (Lipinski definition) is 0. The van der Waals surface area contributed by atoms with E-state index >= 15 is 0 Å². The van der Waals surface area contributed by atoms with Crippen molar-refractivity contribution in [2.24, 2.45) is 0 Å². The topological polar surface area (TPSA) is 73.8 Å². The van der Waals surface area contributed by atoms with Gasteiger partial charge in [0.2, 0.25) is 5.91 Å². The van der Waals surface area contributed by atoms with Crippen molar-refractivity contribution in [1.82, 2.24) is 14.2 Å². The number of carbonyl (C=O) groups excluding carboxylic acids is 1. The zero-order chi connectivity index (χ0) is 23.8. The van der Waals surface area contributed by atoms with E-state index in [0.29, 0.717) is 36.1 Å². The van der Waals surface area contributed by atoms with E-state index in [4.69, 9.17) is 16.6 Å². The predicted molar refractivity (Wildman–Crippen MR) is 136 cm³/mol. The first-order chi connectivity index (χ1) is 15.7. The van der Waals surface area contributed by atoms with Crippen LogP contribution in [0.1, 0.15) is 24.8 Å². The van der Waals surface area contributed by atoms with E-state index in [1.165, 1.54) is 27.0 Å². The van der Waals surface area contributed by atoms with Gasteiger partial charge in [0.05, 0.1) is 10.2 Å². The minimum Gasteiger partial charge on any atom is -0.309 e. The summed E-state index contributed by atoms with van der Waals surface area (Å²) in [5.41, 5.74) is 1.66. The van der Waals surface area contributed by atoms with Crippen molar-refractivity contribution in [2.45, 2.75) is 36.4 Å². The molecule has 0 saturated carbocycles. The van der Waals surface area contributed by atoms with E-state index in [1.807, 2.05) is 33.2 Å². The van der Waals surface area contributed by atoms with Crippen LogP contribution >= 0.6 is 34.3 Å². The number of carbonyl (C=O) groups is 1. The van der Waals surface area contributed by atoms with Crippen LogP contribution in [0.4, 0.5) is 5.13 Å². The average Bonchev–Trinajstić information content (AvgIpc) is 3.53. The Balaban J connectivity index is 1.68. The fourth-order valence-corrected chi connectivity index (χ4v) is 8.01. The van der Waals surface area contributed by atoms with Crippen molar-refractivity contribution in [3.8, 4) is 0 Å². The Labute approximate surface area is 207 Å². The smallest absolute Gasteiger partial charge is 0.253 e. The second-order valence-electron chi connectivity index (χ2n) is 8.37. The van der Waals surface area contributed by atoms with Gasteiger partial charge in [0.1, 0.15) is 10.3 Å². The van der Waals surface area contributed by atoms with Crippen molar-refractivity contribution >= 4 is 65.6 Å². The molecule has 178 valence electrons. The van der Waals surface area contributed by atoms with Gasteiger partial charge in [-0.05, 0) is 76.0 Å². The van der Waals surface area contributed by atoms with Gasteiger partial charge in [-0.25, -0.2) is 13.4 Å². The Bertz CT molecular complexity index is 1240. The molecule has 1 amide bonds. The maximum Gasteiger partial charge on any atom is 0.253 e. The fourth-order valence-electron chi connectivity index (χ4n) is 4.03. The number of anilines is 1. The van der Waals surface area contributed by atoms with Gasteiger partial charge < -0.3 is 4.90 Å². The molecule has 7 nitrogen and oxygen atoms in total. The molecule has 4 rings (SSSR count). The molecule has 0 aliphatic carbocycles. The molecule has 0 spiro atoms. The Morgan fingerprint density at radius 2 is 2.06 bits per heavy atom. The van der Waals surface area contributed by atoms with Crippen molar-refractivity contribution in [1.29, 1.82) is 0 Å². The summed E-state index contributed by atoms with van der Waals surface area (Å²) in [4.78, 5) is 22.3. The number of aryl methyl sites for hydroxylation is 1. The summed E-state index contributed by atoms with van der Waals surface area (Å²) in [6, 6.07) is 6.33. The fraction of sp³-hybridized carbons (Fsp3) is 0.455. The molecule has 1 fully saturated rings. The summed E-state index contributed by atoms with van der Waals surface area (Å²) in [5, 5.41) is 2.95. The van der Waals surface area contributed by atoms with Crippen LogP contribution in [0.3, 0.4) is 0 Å². The minimum atomic E-state index is -3.71. The van der Waals surface area contributed by atoms with E-state index in [9.17, 15) is 13.2 Å². The van der Waals surface area contributed by atoms with Gasteiger partial charge in [0.25, 0.3) is 10.0 Å². The van der Waals surface area contributed by atoms with E-state index in [2.05, 4.69) is 4.90 Å². The van der Waals surface area contributed by atoms with Gasteiger partial charge in [-0.3, -0.25) is 9.69 Å². The molecule has 3 aromatic rings. The van der Waals surface area contributed by atoms with Gasteiger partial charge in [0, 0.05) is 18.1 Å². The van der Waals surface area contributed by atoms with Gasteiger partial charge in [-0.15, -0.1) is 11.3 Å². The first-order valence-electron chi connectivity index (χ1n) is 10.8. The van der Waals surface area contributed by atoms with Crippen LogP contribution in [0.2, 0.25) is 5.02 Å². The molecule has 1 atom stereocenters. The highest BCUT2D eigenvalue weighted by atomic mass is 35.5. The van der Waals surface area contributed by atoms with Crippen LogP contribution in [0.15, 0.2) is 33.9 Å². The van der Waals surface area contributed by atoms with Crippen molar-refractivity contribution in [3.05, 3.63) is 40.2 Å². The number of fused-ring (bicyclic) bond motifs is 1. The molecule has 0 bridgehead atoms. The van der Waals surface area contributed by atoms with E-state index in [-0.39, 0.29) is 10.1 Å². The lowest BCUT2D eigenvalue weighted by atomic mass is 10.2. The summed E-state index contributed by atoms with van der Waals surface area (Å²) < 4.78 is 29.0. The van der Waals surface area contributed by atoms with Gasteiger partial charge in [-0.2, -0.15) is 4.31 Å². The molecule has 1 aliphatic heterocycles. The third-order valence-corrected chi connectivity index (χ3v) is 10.5. The SMILES string of the molecule is Cc1c(Cl)ccc2sc(N(CCCN(C)C)C(=O)C3CCCN3S(=O)(=O)c3cccs3)nc12. The first kappa shape index (κ1) is 24.6. The molecule has 11 heteroatoms. The molecular weight excluding hydrogens is 500 g/mol. The monoisotopic (exact) mass is 526 g/mol. The number of aromatic nitrogens is 1. The second kappa shape index (κ2) is 9.97. The molecule has 1 aliphatic rings. The Kier molecular flexibility index (Phi) is 7.42. The lowest BCUT2D eigenvalue weighted by molar-refractivity contribution is -0.121. The van der Waals surface area contributed by atoms with Crippen molar-refractivity contribution < 1.29 is 13.2 Å². The maximum absolute atomic E-state index is 13.8. The molecule has 1 saturated heterocycles. The van der Waals surface area contributed by atoms with Crippen LogP contribution in [0.5, 0.6) is 0 Å². The number of nitrogens with zero attached hydrogens (tertiary/aromatic N) is 4. The molecule has 3 heterocycles. The Hall–Kier alpha value is -1.56. The lowest BCUT2D eigenvalue weighted by Crippen LogP contribution is -2.48. The average molecular weight is 527 g/mol. The van der Waals surface area contributed by atoms with Crippen molar-refractivity contribution in [3.63, 3.8) is 0 Å². The van der Waals surface area contributed by atoms with Gasteiger partial charge in [-0.1, -0.05) is 29.0 Å². The Morgan fingerprint density at radius 3 is 2.76 bits per heavy atom. The normalized spacial score (nSPS) is 17.3. The van der Waals surface area contributed by atoms with Crippen LogP contribution in [0, 0.1) is 6.92 Å². The number of rotatable bonds is 8. The van der Waals surface area contributed by atoms with Crippen LogP contribution in [-0.2, 0) is 14.8 Å². The number of hydrogen-bond acceptors (Lipinski definition) is 7. The quantitative estimate of drug-likeness (QED) is 0.433. The van der Waals surface area contributed by atoms with E-state index in [1.54, 1.807) is 22.4 Å². The minimum absolute atomic E-state index is 0.214. The number of amides is 1. The second-order valence-corrected chi connectivity index (χ2v) is 12.8. The highest BCUT2D eigenvalue weighted by Crippen LogP contribution is 2.36. The highest BCUT2D eigenvalue weighted by molar-refractivity contribution is 7.91. The van der Waals surface area contributed by atoms with E-state index < -0.39 is 16.1 Å². The number of benzene rings is 1. The standard InChI is InChI=1S/C22H27ClN4O3S3/c1-15-16(23)9-10-18-20(15)24-22(32-18)26(12-6-11-25(2)3)21(28)17-7-4-13-27(17)33(29,30)19-8-5-14-31-19/h5,8-10,14,17H,4,6-7,11-13H2,1-3H3. The third-order valence-electron chi connectivity index (χ3n) is 5.77. The summed E-state index contributed by atoms with van der Waals surface area (Å²) in [7, 11) is 0.261. The van der Waals surface area contributed by atoms with Crippen LogP contribution in [-0.4, -0.2) is 68.3 Å². The maximum atomic E-state index is 13.8. The molecule has 1 aromatic carbocycles. The Morgan fingerprint density at radius 1 is 1.27 bits per heavy atom. The van der Waals surface area contributed by atoms with Gasteiger partial charge >= 0.3 is 0 Å². The summed E-state index contributed by atoms with van der Waals surface area (Å²) in [5.74, 6) is -0.214. The van der Waals surface area contributed by atoms with E-state index in [0.717, 1.165) is 28.7 Å². The zero-order valence-corrected chi connectivity index (χ0v) is 22.0. The molecule has 0 radical (unpaired) electrons. The number of halogens is 1. The third kappa shape index (κ3) is 4.96. The van der Waals surface area contributed by atoms with Crippen molar-refractivity contribution in [2.75, 3.05) is 38.6 Å². The first-order valence-corrected chi connectivity index (χ1v) is 14.3. The molecule has 0 N–H and O–H groups in total. The lowest BCUT2D eigenvalue weighted by Gasteiger charge is -2.28. The molecule has 33 heavy (non-hydrogen) atoms. The zero-order valence-electron chi connectivity index (χ0n) is 18.8. The summed E-state index contributed by atoms with van der Waals surface area (Å²) in [6.07, 6.45) is 1.91. The summed E-state index contributed by atoms with van der Waals surface area (Å²) >= 11 is 8.90. The number of sulfonamides is 1. The molecule has 2 aromatic heterocycles. The van der Waals surface area contributed by atoms with Crippen LogP contribution < -0.4 is 4.90 Å². The molecule has 1 unspecified atom stereocenters. The molecular formula is C22H27ClN4O3S3. The number of thiophene rings is 1. The highest BCUT2D eigenvalue weighted by Gasteiger charge is 2.42. The van der Waals surface area contributed by atoms with Crippen LogP contribution in [0.25, 0.3) is 10.2 Å². The summed E-state index contributed by atoms with van der Waals surface area (Å²) in [6.45, 7) is 3.53. The number of thiazole rings is 1. The largest absolute Gasteiger partial charge is 0.309 e.